The lowest BCUT2D eigenvalue weighted by atomic mass is 9.78. The Morgan fingerprint density at radius 3 is 2.13 bits per heavy atom. The third-order valence-electron chi connectivity index (χ3n) is 2.88. The molecule has 2 aromatic carbocycles. The van der Waals surface area contributed by atoms with E-state index in [-0.39, 0.29) is 5.41 Å². The van der Waals surface area contributed by atoms with E-state index in [1.807, 2.05) is 18.2 Å². The van der Waals surface area contributed by atoms with Gasteiger partial charge in [0, 0.05) is 5.41 Å². The van der Waals surface area contributed by atoms with Crippen molar-refractivity contribution < 1.29 is 0 Å². The Kier molecular flexibility index (Phi) is 2.59. The molecule has 0 saturated carbocycles. The van der Waals surface area contributed by atoms with Crippen molar-refractivity contribution in [1.82, 2.24) is 0 Å². The fourth-order valence-electron chi connectivity index (χ4n) is 1.79. The van der Waals surface area contributed by atoms with E-state index in [1.165, 1.54) is 11.1 Å². The Hall–Kier alpha value is -1.56. The molecule has 1 radical (unpaired) electrons. The zero-order valence-corrected chi connectivity index (χ0v) is 9.20. The summed E-state index contributed by atoms with van der Waals surface area (Å²) >= 11 is 0. The summed E-state index contributed by atoms with van der Waals surface area (Å²) in [5, 5.41) is 0. The van der Waals surface area contributed by atoms with Crippen molar-refractivity contribution in [3.63, 3.8) is 0 Å². The highest BCUT2D eigenvalue weighted by molar-refractivity contribution is 5.36. The third-order valence-corrected chi connectivity index (χ3v) is 2.88. The first-order valence-corrected chi connectivity index (χ1v) is 5.24. The van der Waals surface area contributed by atoms with Gasteiger partial charge in [-0.05, 0) is 17.2 Å². The van der Waals surface area contributed by atoms with Crippen molar-refractivity contribution in [2.45, 2.75) is 19.3 Å². The molecule has 0 amide bonds. The molecule has 0 aliphatic carbocycles. The van der Waals surface area contributed by atoms with Gasteiger partial charge in [0.15, 0.2) is 0 Å². The van der Waals surface area contributed by atoms with Gasteiger partial charge in [-0.15, -0.1) is 0 Å². The monoisotopic (exact) mass is 195 g/mol. The molecule has 0 unspecified atom stereocenters. The second-order valence-electron chi connectivity index (χ2n) is 4.27. The van der Waals surface area contributed by atoms with Crippen LogP contribution in [-0.4, -0.2) is 0 Å². The summed E-state index contributed by atoms with van der Waals surface area (Å²) in [7, 11) is 0. The topological polar surface area (TPSA) is 0 Å². The van der Waals surface area contributed by atoms with Crippen LogP contribution in [0.15, 0.2) is 54.6 Å². The van der Waals surface area contributed by atoms with Crippen LogP contribution in [0.4, 0.5) is 0 Å². The van der Waals surface area contributed by atoms with Crippen LogP contribution >= 0.6 is 0 Å². The zero-order valence-electron chi connectivity index (χ0n) is 9.20. The van der Waals surface area contributed by atoms with Gasteiger partial charge in [0.05, 0.1) is 0 Å². The lowest BCUT2D eigenvalue weighted by molar-refractivity contribution is 0.640. The smallest absolute Gasteiger partial charge is 0.0152 e. The highest BCUT2D eigenvalue weighted by Crippen LogP contribution is 2.30. The maximum Gasteiger partial charge on any atom is 0.0152 e. The molecule has 0 bridgehead atoms. The highest BCUT2D eigenvalue weighted by atomic mass is 14.2. The molecule has 0 aliphatic heterocycles. The molecule has 2 aromatic rings. The number of benzene rings is 2. The molecule has 0 N–H and O–H groups in total. The van der Waals surface area contributed by atoms with Crippen LogP contribution in [0.3, 0.4) is 0 Å². The van der Waals surface area contributed by atoms with Crippen LogP contribution in [0.1, 0.15) is 25.0 Å². The first-order chi connectivity index (χ1) is 7.21. The molecule has 0 aromatic heterocycles. The Balaban J connectivity index is 2.44. The van der Waals surface area contributed by atoms with E-state index in [2.05, 4.69) is 56.3 Å². The minimum Gasteiger partial charge on any atom is -0.0622 e. The Morgan fingerprint density at radius 2 is 1.53 bits per heavy atom. The second-order valence-corrected chi connectivity index (χ2v) is 4.27. The number of hydrogen-bond donors (Lipinski definition) is 0. The highest BCUT2D eigenvalue weighted by Gasteiger charge is 2.22. The number of rotatable bonds is 2. The van der Waals surface area contributed by atoms with Gasteiger partial charge in [-0.1, -0.05) is 68.4 Å². The molecule has 0 spiro atoms. The van der Waals surface area contributed by atoms with E-state index >= 15 is 0 Å². The van der Waals surface area contributed by atoms with E-state index in [9.17, 15) is 0 Å². The van der Waals surface area contributed by atoms with E-state index < -0.39 is 0 Å². The van der Waals surface area contributed by atoms with E-state index in [4.69, 9.17) is 0 Å². The van der Waals surface area contributed by atoms with Gasteiger partial charge in [0.25, 0.3) is 0 Å². The molecule has 0 atom stereocenters. The molecule has 0 nitrogen and oxygen atoms in total. The zero-order chi connectivity index (χ0) is 10.7. The average Bonchev–Trinajstić information content (AvgIpc) is 2.31. The molecule has 75 valence electrons. The summed E-state index contributed by atoms with van der Waals surface area (Å²) in [5.41, 5.74) is 2.59. The summed E-state index contributed by atoms with van der Waals surface area (Å²) in [6.45, 7) is 4.46. The summed E-state index contributed by atoms with van der Waals surface area (Å²) in [6.07, 6.45) is 0. The largest absolute Gasteiger partial charge is 0.0622 e. The van der Waals surface area contributed by atoms with Crippen LogP contribution in [0.25, 0.3) is 0 Å². The van der Waals surface area contributed by atoms with Crippen LogP contribution in [0.5, 0.6) is 0 Å². The molecule has 15 heavy (non-hydrogen) atoms. The van der Waals surface area contributed by atoms with Crippen molar-refractivity contribution in [3.8, 4) is 0 Å². The van der Waals surface area contributed by atoms with Crippen LogP contribution in [0, 0.1) is 6.07 Å². The quantitative estimate of drug-likeness (QED) is 0.683. The normalized spacial score (nSPS) is 11.3. The van der Waals surface area contributed by atoms with E-state index in [1.54, 1.807) is 0 Å². The molecule has 0 heteroatoms. The standard InChI is InChI=1S/C15H15/c1-15(2,13-9-5-3-6-10-13)14-11-7-4-8-12-14/h3-11H,1-2H3. The summed E-state index contributed by atoms with van der Waals surface area (Å²) in [5.74, 6) is 0. The minimum atomic E-state index is 0.0303. The van der Waals surface area contributed by atoms with Gasteiger partial charge in [-0.2, -0.15) is 0 Å². The molecule has 0 heterocycles. The minimum absolute atomic E-state index is 0.0303. The van der Waals surface area contributed by atoms with Gasteiger partial charge < -0.3 is 0 Å². The van der Waals surface area contributed by atoms with E-state index in [0.717, 1.165) is 0 Å². The average molecular weight is 195 g/mol. The lowest BCUT2D eigenvalue weighted by Crippen LogP contribution is -2.18. The lowest BCUT2D eigenvalue weighted by Gasteiger charge is -2.25. The van der Waals surface area contributed by atoms with Gasteiger partial charge in [0.2, 0.25) is 0 Å². The first kappa shape index (κ1) is 9.97. The summed E-state index contributed by atoms with van der Waals surface area (Å²) in [4.78, 5) is 0. The summed E-state index contributed by atoms with van der Waals surface area (Å²) < 4.78 is 0. The predicted molar refractivity (Wildman–Crippen MR) is 63.8 cm³/mol. The predicted octanol–water partition coefficient (Wildman–Crippen LogP) is 3.81. The fourth-order valence-corrected chi connectivity index (χ4v) is 1.79. The SMILES string of the molecule is CC(C)(c1[c]cccc1)c1ccccc1. The van der Waals surface area contributed by atoms with Crippen molar-refractivity contribution in [2.75, 3.05) is 0 Å². The molecular formula is C15H15. The number of hydrogen-bond acceptors (Lipinski definition) is 0. The molecular weight excluding hydrogens is 180 g/mol. The van der Waals surface area contributed by atoms with Crippen LogP contribution in [0.2, 0.25) is 0 Å². The van der Waals surface area contributed by atoms with Crippen molar-refractivity contribution >= 4 is 0 Å². The maximum atomic E-state index is 3.31. The van der Waals surface area contributed by atoms with Gasteiger partial charge in [0.1, 0.15) is 0 Å². The van der Waals surface area contributed by atoms with Crippen molar-refractivity contribution in [2.24, 2.45) is 0 Å². The maximum absolute atomic E-state index is 3.31. The Bertz CT molecular complexity index is 371. The van der Waals surface area contributed by atoms with Gasteiger partial charge in [-0.3, -0.25) is 0 Å². The van der Waals surface area contributed by atoms with Crippen molar-refractivity contribution in [1.29, 1.82) is 0 Å². The van der Waals surface area contributed by atoms with Gasteiger partial charge >= 0.3 is 0 Å². The van der Waals surface area contributed by atoms with Crippen molar-refractivity contribution in [3.05, 3.63) is 71.8 Å². The van der Waals surface area contributed by atoms with Crippen LogP contribution < -0.4 is 0 Å². The molecule has 2 rings (SSSR count). The van der Waals surface area contributed by atoms with E-state index in [0.29, 0.717) is 0 Å². The molecule has 0 saturated heterocycles. The first-order valence-electron chi connectivity index (χ1n) is 5.24. The summed E-state index contributed by atoms with van der Waals surface area (Å²) in [6, 6.07) is 22.0. The van der Waals surface area contributed by atoms with Gasteiger partial charge in [-0.25, -0.2) is 0 Å². The second kappa shape index (κ2) is 3.90. The Labute approximate surface area is 91.6 Å². The fraction of sp³-hybridized carbons (Fsp3) is 0.200. The Morgan fingerprint density at radius 1 is 0.867 bits per heavy atom. The molecule has 0 fully saturated rings. The van der Waals surface area contributed by atoms with Crippen LogP contribution in [-0.2, 0) is 5.41 Å². The molecule has 0 aliphatic rings. The third kappa shape index (κ3) is 1.94.